The van der Waals surface area contributed by atoms with Crippen molar-refractivity contribution in [2.24, 2.45) is 0 Å². The van der Waals surface area contributed by atoms with Gasteiger partial charge in [-0.05, 0) is 43.3 Å². The van der Waals surface area contributed by atoms with E-state index in [1.54, 1.807) is 49.4 Å². The van der Waals surface area contributed by atoms with Gasteiger partial charge in [-0.15, -0.1) is 16.8 Å². The van der Waals surface area contributed by atoms with Crippen LogP contribution in [0.3, 0.4) is 0 Å². The average Bonchev–Trinajstić information content (AvgIpc) is 2.61. The van der Waals surface area contributed by atoms with Crippen LogP contribution < -0.4 is 10.6 Å². The van der Waals surface area contributed by atoms with E-state index in [0.717, 1.165) is 0 Å². The van der Waals surface area contributed by atoms with Crippen molar-refractivity contribution in [1.82, 2.24) is 10.2 Å². The Morgan fingerprint density at radius 3 is 2.50 bits per heavy atom. The molecular formula is C17H18N4O3. The average molecular weight is 326 g/mol. The minimum atomic E-state index is -0.399. The topological polar surface area (TPSA) is 93.2 Å². The molecule has 0 aliphatic carbocycles. The highest BCUT2D eigenvalue weighted by atomic mass is 16.5. The Kier molecular flexibility index (Phi) is 6.01. The van der Waals surface area contributed by atoms with Gasteiger partial charge in [-0.1, -0.05) is 6.08 Å². The molecule has 1 amide bonds. The Morgan fingerprint density at radius 2 is 1.92 bits per heavy atom. The summed E-state index contributed by atoms with van der Waals surface area (Å²) in [5.74, 6) is -0.226. The molecule has 0 fully saturated rings. The number of hydrogen-bond donors (Lipinski definition) is 2. The number of carbonyl (C=O) groups excluding carboxylic acids is 2. The molecule has 1 heterocycles. The zero-order valence-electron chi connectivity index (χ0n) is 13.3. The summed E-state index contributed by atoms with van der Waals surface area (Å²) >= 11 is 0. The van der Waals surface area contributed by atoms with Crippen molar-refractivity contribution < 1.29 is 14.3 Å². The highest BCUT2D eigenvalue weighted by Gasteiger charge is 2.10. The standard InChI is InChI=1S/C17H18N4O3/c1-3-11-18-15-10-9-14(20-21-15)16(22)19-13-7-5-12(6-8-13)17(23)24-4-2/h3,5-10H,1,4,11H2,2H3,(H,18,21)(H,19,22). The van der Waals surface area contributed by atoms with E-state index in [1.807, 2.05) is 0 Å². The zero-order chi connectivity index (χ0) is 17.4. The van der Waals surface area contributed by atoms with Crippen molar-refractivity contribution in [3.63, 3.8) is 0 Å². The summed E-state index contributed by atoms with van der Waals surface area (Å²) in [5.41, 5.74) is 1.16. The van der Waals surface area contributed by atoms with Crippen molar-refractivity contribution in [3.8, 4) is 0 Å². The quantitative estimate of drug-likeness (QED) is 0.600. The lowest BCUT2D eigenvalue weighted by Crippen LogP contribution is -2.15. The zero-order valence-corrected chi connectivity index (χ0v) is 13.3. The third kappa shape index (κ3) is 4.64. The Balaban J connectivity index is 1.98. The molecule has 1 aromatic carbocycles. The summed E-state index contributed by atoms with van der Waals surface area (Å²) in [6.45, 7) is 6.21. The van der Waals surface area contributed by atoms with Crippen LogP contribution in [0.5, 0.6) is 0 Å². The van der Waals surface area contributed by atoms with Crippen LogP contribution in [-0.2, 0) is 4.74 Å². The number of nitrogens with one attached hydrogen (secondary N) is 2. The Labute approximate surface area is 139 Å². The predicted octanol–water partition coefficient (Wildman–Crippen LogP) is 2.50. The SMILES string of the molecule is C=CCNc1ccc(C(=O)Nc2ccc(C(=O)OCC)cc2)nn1. The predicted molar refractivity (Wildman–Crippen MR) is 91.1 cm³/mol. The van der Waals surface area contributed by atoms with Crippen LogP contribution in [0.4, 0.5) is 11.5 Å². The number of anilines is 2. The lowest BCUT2D eigenvalue weighted by Gasteiger charge is -2.06. The first-order chi connectivity index (χ1) is 11.6. The Hall–Kier alpha value is -3.22. The highest BCUT2D eigenvalue weighted by molar-refractivity contribution is 6.03. The number of carbonyl (C=O) groups is 2. The van der Waals surface area contributed by atoms with Crippen LogP contribution in [0.25, 0.3) is 0 Å². The van der Waals surface area contributed by atoms with Crippen LogP contribution in [0, 0.1) is 0 Å². The van der Waals surface area contributed by atoms with E-state index in [-0.39, 0.29) is 11.6 Å². The molecule has 0 spiro atoms. The monoisotopic (exact) mass is 326 g/mol. The van der Waals surface area contributed by atoms with Crippen molar-refractivity contribution >= 4 is 23.4 Å². The number of ether oxygens (including phenoxy) is 1. The third-order valence-corrected chi connectivity index (χ3v) is 2.98. The van der Waals surface area contributed by atoms with Gasteiger partial charge in [-0.25, -0.2) is 4.79 Å². The largest absolute Gasteiger partial charge is 0.462 e. The van der Waals surface area contributed by atoms with Crippen molar-refractivity contribution in [3.05, 3.63) is 60.3 Å². The van der Waals surface area contributed by atoms with Crippen molar-refractivity contribution in [2.45, 2.75) is 6.92 Å². The van der Waals surface area contributed by atoms with Crippen molar-refractivity contribution in [2.75, 3.05) is 23.8 Å². The number of amides is 1. The van der Waals surface area contributed by atoms with Crippen LogP contribution >= 0.6 is 0 Å². The number of hydrogen-bond acceptors (Lipinski definition) is 6. The highest BCUT2D eigenvalue weighted by Crippen LogP contribution is 2.12. The number of esters is 1. The van der Waals surface area contributed by atoms with Gasteiger partial charge in [0.05, 0.1) is 12.2 Å². The third-order valence-electron chi connectivity index (χ3n) is 2.98. The summed E-state index contributed by atoms with van der Waals surface area (Å²) in [4.78, 5) is 23.7. The molecule has 0 unspecified atom stereocenters. The van der Waals surface area contributed by atoms with E-state index in [9.17, 15) is 9.59 Å². The second-order valence-electron chi connectivity index (χ2n) is 4.73. The van der Waals surface area contributed by atoms with E-state index in [0.29, 0.717) is 30.2 Å². The second-order valence-corrected chi connectivity index (χ2v) is 4.73. The first-order valence-electron chi connectivity index (χ1n) is 7.41. The normalized spacial score (nSPS) is 9.88. The maximum absolute atomic E-state index is 12.1. The summed E-state index contributed by atoms with van der Waals surface area (Å²) in [7, 11) is 0. The fourth-order valence-corrected chi connectivity index (χ4v) is 1.82. The summed E-state index contributed by atoms with van der Waals surface area (Å²) in [6.07, 6.45) is 1.70. The molecule has 0 saturated carbocycles. The maximum atomic E-state index is 12.1. The molecule has 24 heavy (non-hydrogen) atoms. The number of benzene rings is 1. The maximum Gasteiger partial charge on any atom is 0.338 e. The molecule has 0 aliphatic heterocycles. The van der Waals surface area contributed by atoms with Gasteiger partial charge >= 0.3 is 5.97 Å². The van der Waals surface area contributed by atoms with Crippen LogP contribution in [0.15, 0.2) is 49.1 Å². The smallest absolute Gasteiger partial charge is 0.338 e. The van der Waals surface area contributed by atoms with Gasteiger partial charge in [0.15, 0.2) is 5.69 Å². The van der Waals surface area contributed by atoms with Gasteiger partial charge in [-0.3, -0.25) is 4.79 Å². The minimum absolute atomic E-state index is 0.189. The minimum Gasteiger partial charge on any atom is -0.462 e. The molecule has 0 atom stereocenters. The fourth-order valence-electron chi connectivity index (χ4n) is 1.82. The second kappa shape index (κ2) is 8.42. The van der Waals surface area contributed by atoms with Gasteiger partial charge in [0.1, 0.15) is 5.82 Å². The number of rotatable bonds is 7. The van der Waals surface area contributed by atoms with E-state index in [4.69, 9.17) is 4.74 Å². The molecule has 0 saturated heterocycles. The molecule has 7 nitrogen and oxygen atoms in total. The summed E-state index contributed by atoms with van der Waals surface area (Å²) < 4.78 is 4.90. The number of aromatic nitrogens is 2. The first-order valence-corrected chi connectivity index (χ1v) is 7.41. The van der Waals surface area contributed by atoms with Gasteiger partial charge < -0.3 is 15.4 Å². The molecule has 0 bridgehead atoms. The molecule has 1 aromatic heterocycles. The lowest BCUT2D eigenvalue weighted by atomic mass is 10.2. The van der Waals surface area contributed by atoms with Crippen LogP contribution in [-0.4, -0.2) is 35.2 Å². The fraction of sp³-hybridized carbons (Fsp3) is 0.176. The van der Waals surface area contributed by atoms with E-state index >= 15 is 0 Å². The Bertz CT molecular complexity index is 712. The lowest BCUT2D eigenvalue weighted by molar-refractivity contribution is 0.0526. The molecule has 7 heteroatoms. The molecule has 2 aromatic rings. The molecule has 2 N–H and O–H groups in total. The molecule has 124 valence electrons. The van der Waals surface area contributed by atoms with Crippen LogP contribution in [0.2, 0.25) is 0 Å². The number of nitrogens with zero attached hydrogens (tertiary/aromatic N) is 2. The van der Waals surface area contributed by atoms with Gasteiger partial charge in [0.2, 0.25) is 0 Å². The van der Waals surface area contributed by atoms with E-state index in [2.05, 4.69) is 27.4 Å². The molecule has 0 radical (unpaired) electrons. The van der Waals surface area contributed by atoms with Gasteiger partial charge in [-0.2, -0.15) is 0 Å². The molecule has 2 rings (SSSR count). The van der Waals surface area contributed by atoms with Gasteiger partial charge in [0, 0.05) is 12.2 Å². The van der Waals surface area contributed by atoms with Crippen molar-refractivity contribution in [1.29, 1.82) is 0 Å². The van der Waals surface area contributed by atoms with E-state index < -0.39 is 5.97 Å². The van der Waals surface area contributed by atoms with E-state index in [1.165, 1.54) is 0 Å². The van der Waals surface area contributed by atoms with Gasteiger partial charge in [0.25, 0.3) is 5.91 Å². The molecule has 0 aliphatic rings. The summed E-state index contributed by atoms with van der Waals surface area (Å²) in [5, 5.41) is 13.4. The Morgan fingerprint density at radius 1 is 1.17 bits per heavy atom. The van der Waals surface area contributed by atoms with Crippen LogP contribution in [0.1, 0.15) is 27.8 Å². The first kappa shape index (κ1) is 17.1. The molecular weight excluding hydrogens is 308 g/mol. The summed E-state index contributed by atoms with van der Waals surface area (Å²) in [6, 6.07) is 9.65.